The molecule has 0 amide bonds. The highest BCUT2D eigenvalue weighted by Gasteiger charge is 2.59. The van der Waals surface area contributed by atoms with E-state index >= 15 is 4.39 Å². The zero-order valence-electron chi connectivity index (χ0n) is 18.4. The Morgan fingerprint density at radius 1 is 1.06 bits per heavy atom. The number of hydrogen-bond acceptors (Lipinski definition) is 4. The Morgan fingerprint density at radius 2 is 1.79 bits per heavy atom. The van der Waals surface area contributed by atoms with Gasteiger partial charge >= 0.3 is 6.18 Å². The third-order valence-electron chi connectivity index (χ3n) is 5.55. The lowest BCUT2D eigenvalue weighted by atomic mass is 9.87. The summed E-state index contributed by atoms with van der Waals surface area (Å²) in [5.41, 5.74) is -2.62. The summed E-state index contributed by atoms with van der Waals surface area (Å²) in [5, 5.41) is 14.3. The molecule has 3 aromatic rings. The van der Waals surface area contributed by atoms with Crippen LogP contribution in [0.1, 0.15) is 36.7 Å². The molecule has 2 atom stereocenters. The lowest BCUT2D eigenvalue weighted by molar-refractivity contribution is -0.256. The maximum Gasteiger partial charge on any atom is 0.420 e. The molecule has 0 bridgehead atoms. The van der Waals surface area contributed by atoms with Gasteiger partial charge in [-0.15, -0.1) is 0 Å². The molecular weight excluding hydrogens is 459 g/mol. The first-order valence-electron chi connectivity index (χ1n) is 10.5. The van der Waals surface area contributed by atoms with E-state index in [1.165, 1.54) is 13.0 Å². The van der Waals surface area contributed by atoms with Crippen LogP contribution >= 0.6 is 11.8 Å². The van der Waals surface area contributed by atoms with Gasteiger partial charge in [-0.25, -0.2) is 8.78 Å². The van der Waals surface area contributed by atoms with Crippen LogP contribution < -0.4 is 5.32 Å². The van der Waals surface area contributed by atoms with Crippen LogP contribution in [0.4, 0.5) is 27.6 Å². The molecule has 0 spiro atoms. The molecule has 1 aromatic heterocycles. The Hall–Kier alpha value is -2.39. The molecule has 33 heavy (non-hydrogen) atoms. The summed E-state index contributed by atoms with van der Waals surface area (Å²) in [6, 6.07) is 8.22. The van der Waals surface area contributed by atoms with Crippen molar-refractivity contribution in [2.24, 2.45) is 0 Å². The summed E-state index contributed by atoms with van der Waals surface area (Å²) in [6.07, 6.45) is -5.15. The Balaban J connectivity index is 2.25. The number of hydrogen-bond donors (Lipinski definition) is 2. The molecule has 0 saturated heterocycles. The van der Waals surface area contributed by atoms with Gasteiger partial charge in [-0.1, -0.05) is 26.0 Å². The molecule has 0 radical (unpaired) electrons. The number of rotatable bonds is 8. The van der Waals surface area contributed by atoms with E-state index in [-0.39, 0.29) is 17.7 Å². The molecule has 2 N–H and O–H groups in total. The van der Waals surface area contributed by atoms with Gasteiger partial charge in [0.15, 0.2) is 5.60 Å². The predicted octanol–water partition coefficient (Wildman–Crippen LogP) is 6.58. The first-order chi connectivity index (χ1) is 15.5. The van der Waals surface area contributed by atoms with Gasteiger partial charge in [-0.2, -0.15) is 24.9 Å². The SMILES string of the molecule is CCSCC(O)(C(Nc1cccc2nc(C)ccc12)c1ccc(F)c(CC)c1F)C(F)(F)F. The molecule has 0 aliphatic rings. The van der Waals surface area contributed by atoms with E-state index in [1.54, 1.807) is 38.1 Å². The molecule has 3 nitrogen and oxygen atoms in total. The molecule has 0 aliphatic heterocycles. The number of pyridine rings is 1. The molecule has 0 fully saturated rings. The average Bonchev–Trinajstić information content (AvgIpc) is 2.75. The number of benzene rings is 2. The summed E-state index contributed by atoms with van der Waals surface area (Å²) < 4.78 is 72.4. The highest BCUT2D eigenvalue weighted by Crippen LogP contribution is 2.45. The number of anilines is 1. The third-order valence-corrected chi connectivity index (χ3v) is 6.60. The van der Waals surface area contributed by atoms with Gasteiger partial charge in [0.2, 0.25) is 0 Å². The van der Waals surface area contributed by atoms with Crippen molar-refractivity contribution in [3.05, 3.63) is 70.9 Å². The van der Waals surface area contributed by atoms with Crippen molar-refractivity contribution in [3.63, 3.8) is 0 Å². The fourth-order valence-corrected chi connectivity index (χ4v) is 4.59. The minimum Gasteiger partial charge on any atom is -0.378 e. The maximum atomic E-state index is 15.3. The van der Waals surface area contributed by atoms with Gasteiger partial charge in [0.1, 0.15) is 11.6 Å². The number of nitrogens with zero attached hydrogens (tertiary/aromatic N) is 1. The summed E-state index contributed by atoms with van der Waals surface area (Å²) in [6.45, 7) is 4.96. The summed E-state index contributed by atoms with van der Waals surface area (Å²) in [7, 11) is 0. The molecule has 9 heteroatoms. The molecule has 0 aliphatic carbocycles. The van der Waals surface area contributed by atoms with E-state index in [9.17, 15) is 22.7 Å². The number of aromatic nitrogens is 1. The van der Waals surface area contributed by atoms with Crippen LogP contribution in [0.3, 0.4) is 0 Å². The lowest BCUT2D eigenvalue weighted by Crippen LogP contribution is -2.55. The quantitative estimate of drug-likeness (QED) is 0.355. The largest absolute Gasteiger partial charge is 0.420 e. The number of nitrogens with one attached hydrogen (secondary N) is 1. The van der Waals surface area contributed by atoms with Crippen molar-refractivity contribution in [2.45, 2.75) is 45.0 Å². The van der Waals surface area contributed by atoms with Crippen LogP contribution in [0.5, 0.6) is 0 Å². The molecule has 3 rings (SSSR count). The average molecular weight is 485 g/mol. The minimum absolute atomic E-state index is 0.0517. The monoisotopic (exact) mass is 484 g/mol. The molecule has 2 aromatic carbocycles. The number of alkyl halides is 3. The van der Waals surface area contributed by atoms with Crippen LogP contribution in [0.15, 0.2) is 42.5 Å². The second kappa shape index (κ2) is 9.85. The topological polar surface area (TPSA) is 45.1 Å². The van der Waals surface area contributed by atoms with Gasteiger partial charge in [0.05, 0.1) is 11.6 Å². The van der Waals surface area contributed by atoms with Crippen molar-refractivity contribution in [1.82, 2.24) is 4.98 Å². The maximum absolute atomic E-state index is 15.3. The van der Waals surface area contributed by atoms with E-state index < -0.39 is 40.8 Å². The smallest absolute Gasteiger partial charge is 0.378 e. The van der Waals surface area contributed by atoms with Crippen molar-refractivity contribution in [2.75, 3.05) is 16.8 Å². The zero-order chi connectivity index (χ0) is 24.4. The number of aliphatic hydroxyl groups is 1. The highest BCUT2D eigenvalue weighted by molar-refractivity contribution is 7.99. The Morgan fingerprint density at radius 3 is 2.42 bits per heavy atom. The Kier molecular flexibility index (Phi) is 7.53. The number of fused-ring (bicyclic) bond motifs is 1. The number of aryl methyl sites for hydroxylation is 1. The minimum atomic E-state index is -5.10. The van der Waals surface area contributed by atoms with E-state index in [0.29, 0.717) is 16.7 Å². The van der Waals surface area contributed by atoms with Crippen LogP contribution in [0.2, 0.25) is 0 Å². The van der Waals surface area contributed by atoms with Gasteiger partial charge < -0.3 is 10.4 Å². The van der Waals surface area contributed by atoms with Crippen LogP contribution in [0.25, 0.3) is 10.9 Å². The first-order valence-corrected chi connectivity index (χ1v) is 11.7. The lowest BCUT2D eigenvalue weighted by Gasteiger charge is -2.39. The fourth-order valence-electron chi connectivity index (χ4n) is 3.74. The van der Waals surface area contributed by atoms with E-state index in [0.717, 1.165) is 29.6 Å². The second-order valence-electron chi connectivity index (χ2n) is 7.74. The number of thioether (sulfide) groups is 1. The van der Waals surface area contributed by atoms with Crippen molar-refractivity contribution in [3.8, 4) is 0 Å². The van der Waals surface area contributed by atoms with Gasteiger partial charge in [-0.3, -0.25) is 4.98 Å². The molecule has 2 unspecified atom stereocenters. The van der Waals surface area contributed by atoms with Crippen molar-refractivity contribution in [1.29, 1.82) is 0 Å². The second-order valence-corrected chi connectivity index (χ2v) is 9.02. The molecular formula is C24H25F5N2OS. The number of halogens is 5. The first kappa shape index (κ1) is 25.2. The molecule has 0 saturated carbocycles. The zero-order valence-corrected chi connectivity index (χ0v) is 19.2. The molecule has 1 heterocycles. The highest BCUT2D eigenvalue weighted by atomic mass is 32.2. The van der Waals surface area contributed by atoms with Crippen molar-refractivity contribution >= 4 is 28.4 Å². The molecule has 178 valence electrons. The van der Waals surface area contributed by atoms with Gasteiger partial charge in [0.25, 0.3) is 0 Å². The van der Waals surface area contributed by atoms with Crippen LogP contribution in [0, 0.1) is 18.6 Å². The summed E-state index contributed by atoms with van der Waals surface area (Å²) in [4.78, 5) is 4.38. The Bertz CT molecular complexity index is 1140. The Labute approximate surface area is 193 Å². The van der Waals surface area contributed by atoms with E-state index in [1.807, 2.05) is 0 Å². The standard InChI is InChI=1S/C24H25F5N2OS/c1-4-15-18(25)12-11-17(21(15)26)22(23(32,13-33-5-2)24(27,28)29)31-20-8-6-7-19-16(20)10-9-14(3)30-19/h6-12,22,31-32H,4-5,13H2,1-3H3. The normalized spacial score (nSPS) is 14.8. The van der Waals surface area contributed by atoms with Crippen LogP contribution in [-0.4, -0.2) is 33.4 Å². The van der Waals surface area contributed by atoms with Gasteiger partial charge in [-0.05, 0) is 49.4 Å². The summed E-state index contributed by atoms with van der Waals surface area (Å²) in [5.74, 6) is -2.37. The van der Waals surface area contributed by atoms with Gasteiger partial charge in [0, 0.05) is 33.6 Å². The van der Waals surface area contributed by atoms with E-state index in [2.05, 4.69) is 10.3 Å². The van der Waals surface area contributed by atoms with Crippen molar-refractivity contribution < 1.29 is 27.1 Å². The summed E-state index contributed by atoms with van der Waals surface area (Å²) >= 11 is 0.881. The third kappa shape index (κ3) is 4.94. The van der Waals surface area contributed by atoms with E-state index in [4.69, 9.17) is 0 Å². The predicted molar refractivity (Wildman–Crippen MR) is 123 cm³/mol. The fraction of sp³-hybridized carbons (Fsp3) is 0.375. The van der Waals surface area contributed by atoms with Crippen LogP contribution in [-0.2, 0) is 6.42 Å².